The van der Waals surface area contributed by atoms with Gasteiger partial charge in [-0.15, -0.1) is 11.3 Å². The highest BCUT2D eigenvalue weighted by Crippen LogP contribution is 2.33. The van der Waals surface area contributed by atoms with E-state index in [2.05, 4.69) is 27.1 Å². The summed E-state index contributed by atoms with van der Waals surface area (Å²) in [4.78, 5) is 39.2. The molecule has 3 aromatic rings. The van der Waals surface area contributed by atoms with E-state index in [9.17, 15) is 19.1 Å². The van der Waals surface area contributed by atoms with Crippen molar-refractivity contribution in [2.75, 3.05) is 56.5 Å². The number of likely N-dealkylation sites (N-methyl/N-ethyl adjacent to an activating group) is 1. The van der Waals surface area contributed by atoms with Crippen molar-refractivity contribution in [3.8, 4) is 0 Å². The Bertz CT molecular complexity index is 1410. The van der Waals surface area contributed by atoms with Gasteiger partial charge in [0.05, 0.1) is 5.69 Å². The molecule has 0 spiro atoms. The summed E-state index contributed by atoms with van der Waals surface area (Å²) in [5.74, 6) is -0.627. The molecule has 1 aromatic heterocycles. The summed E-state index contributed by atoms with van der Waals surface area (Å²) in [5.41, 5.74) is 3.81. The molecule has 1 unspecified atom stereocenters. The highest BCUT2D eigenvalue weighted by molar-refractivity contribution is 7.15. The van der Waals surface area contributed by atoms with Crippen LogP contribution in [0, 0.1) is 5.82 Å². The average molecular weight is 551 g/mol. The van der Waals surface area contributed by atoms with E-state index >= 15 is 0 Å². The third-order valence-corrected chi connectivity index (χ3v) is 8.68. The van der Waals surface area contributed by atoms with Gasteiger partial charge in [0, 0.05) is 73.9 Å². The fourth-order valence-electron chi connectivity index (χ4n) is 5.51. The molecule has 6 rings (SSSR count). The standard InChI is InChI=1S/C28H31FN6O3S/c1-32-9-8-22-24(16-32)39-28(30-22)31-26(37)21-14-19(29)6-7-23(21)33-10-12-34(13-11-33)25(36)17-35-15-18-4-2-3-5-20(18)27(35)38/h2-7,14,26,37H,8-13,15-17H2,1H3,(H,30,31). The zero-order valence-electron chi connectivity index (χ0n) is 21.8. The quantitative estimate of drug-likeness (QED) is 0.456. The summed E-state index contributed by atoms with van der Waals surface area (Å²) in [7, 11) is 2.07. The van der Waals surface area contributed by atoms with E-state index in [1.807, 2.05) is 18.2 Å². The van der Waals surface area contributed by atoms with Gasteiger partial charge in [-0.1, -0.05) is 18.2 Å². The van der Waals surface area contributed by atoms with Crippen molar-refractivity contribution in [2.24, 2.45) is 0 Å². The van der Waals surface area contributed by atoms with Crippen LogP contribution in [0.3, 0.4) is 0 Å². The highest BCUT2D eigenvalue weighted by atomic mass is 32.1. The number of piperazine rings is 1. The number of anilines is 2. The number of nitrogens with zero attached hydrogens (tertiary/aromatic N) is 5. The van der Waals surface area contributed by atoms with Crippen molar-refractivity contribution >= 4 is 34.0 Å². The van der Waals surface area contributed by atoms with E-state index in [1.54, 1.807) is 21.9 Å². The summed E-state index contributed by atoms with van der Waals surface area (Å²) < 4.78 is 14.3. The van der Waals surface area contributed by atoms with Gasteiger partial charge in [0.15, 0.2) is 11.4 Å². The Kier molecular flexibility index (Phi) is 6.96. The van der Waals surface area contributed by atoms with Gasteiger partial charge in [-0.2, -0.15) is 0 Å². The molecule has 3 aliphatic rings. The number of hydrogen-bond acceptors (Lipinski definition) is 8. The van der Waals surface area contributed by atoms with Crippen molar-refractivity contribution in [1.82, 2.24) is 19.7 Å². The topological polar surface area (TPSA) is 92.2 Å². The number of halogens is 1. The second-order valence-corrected chi connectivity index (χ2v) is 11.4. The lowest BCUT2D eigenvalue weighted by Gasteiger charge is -2.38. The molecule has 0 aliphatic carbocycles. The van der Waals surface area contributed by atoms with Gasteiger partial charge in [0.25, 0.3) is 5.91 Å². The third kappa shape index (κ3) is 5.21. The van der Waals surface area contributed by atoms with E-state index < -0.39 is 12.0 Å². The monoisotopic (exact) mass is 550 g/mol. The molecular weight excluding hydrogens is 519 g/mol. The fourth-order valence-corrected chi connectivity index (χ4v) is 6.62. The van der Waals surface area contributed by atoms with Crippen LogP contribution in [0.15, 0.2) is 42.5 Å². The first-order valence-electron chi connectivity index (χ1n) is 13.2. The van der Waals surface area contributed by atoms with Crippen LogP contribution in [-0.2, 0) is 24.3 Å². The lowest BCUT2D eigenvalue weighted by Crippen LogP contribution is -2.51. The van der Waals surface area contributed by atoms with E-state index in [0.29, 0.717) is 49.0 Å². The number of amides is 2. The van der Waals surface area contributed by atoms with E-state index in [4.69, 9.17) is 0 Å². The molecule has 11 heteroatoms. The molecule has 9 nitrogen and oxygen atoms in total. The van der Waals surface area contributed by atoms with Crippen molar-refractivity contribution in [2.45, 2.75) is 25.7 Å². The Morgan fingerprint density at radius 3 is 2.72 bits per heavy atom. The minimum atomic E-state index is -1.14. The molecular formula is C28H31FN6O3S. The van der Waals surface area contributed by atoms with Gasteiger partial charge in [-0.05, 0) is 36.9 Å². The first kappa shape index (κ1) is 25.7. The predicted molar refractivity (Wildman–Crippen MR) is 147 cm³/mol. The number of hydrogen-bond donors (Lipinski definition) is 2. The maximum absolute atomic E-state index is 14.3. The minimum Gasteiger partial charge on any atom is -0.369 e. The fraction of sp³-hybridized carbons (Fsp3) is 0.393. The van der Waals surface area contributed by atoms with E-state index in [1.165, 1.54) is 28.3 Å². The number of aromatic nitrogens is 1. The first-order chi connectivity index (χ1) is 18.9. The average Bonchev–Trinajstić information content (AvgIpc) is 3.48. The molecule has 39 heavy (non-hydrogen) atoms. The molecule has 4 heterocycles. The molecule has 0 radical (unpaired) electrons. The number of benzene rings is 2. The van der Waals surface area contributed by atoms with Gasteiger partial charge in [-0.25, -0.2) is 9.37 Å². The van der Waals surface area contributed by atoms with Gasteiger partial charge in [-0.3, -0.25) is 9.59 Å². The van der Waals surface area contributed by atoms with Crippen LogP contribution in [0.2, 0.25) is 0 Å². The van der Waals surface area contributed by atoms with Crippen molar-refractivity contribution in [3.63, 3.8) is 0 Å². The van der Waals surface area contributed by atoms with Crippen LogP contribution >= 0.6 is 11.3 Å². The van der Waals surface area contributed by atoms with E-state index in [-0.39, 0.29) is 18.4 Å². The molecule has 1 atom stereocenters. The lowest BCUT2D eigenvalue weighted by atomic mass is 10.1. The van der Waals surface area contributed by atoms with E-state index in [0.717, 1.165) is 36.5 Å². The minimum absolute atomic E-state index is 0.0471. The molecule has 0 bridgehead atoms. The van der Waals surface area contributed by atoms with Crippen molar-refractivity contribution in [1.29, 1.82) is 0 Å². The summed E-state index contributed by atoms with van der Waals surface area (Å²) in [6, 6.07) is 11.9. The number of thiazole rings is 1. The molecule has 2 amide bonds. The summed E-state index contributed by atoms with van der Waals surface area (Å²) in [6.07, 6.45) is -0.267. The predicted octanol–water partition coefficient (Wildman–Crippen LogP) is 2.68. The number of fused-ring (bicyclic) bond motifs is 2. The molecule has 204 valence electrons. The molecule has 1 saturated heterocycles. The second-order valence-electron chi connectivity index (χ2n) is 10.3. The molecule has 3 aliphatic heterocycles. The van der Waals surface area contributed by atoms with Crippen LogP contribution in [-0.4, -0.2) is 82.9 Å². The van der Waals surface area contributed by atoms with Gasteiger partial charge >= 0.3 is 0 Å². The maximum atomic E-state index is 14.3. The zero-order valence-corrected chi connectivity index (χ0v) is 22.6. The molecule has 2 aromatic carbocycles. The van der Waals surface area contributed by atoms with Gasteiger partial charge in [0.1, 0.15) is 12.4 Å². The molecule has 2 N–H and O–H groups in total. The number of nitrogens with one attached hydrogen (secondary N) is 1. The smallest absolute Gasteiger partial charge is 0.254 e. The number of aliphatic hydroxyl groups is 1. The van der Waals surface area contributed by atoms with Crippen LogP contribution < -0.4 is 10.2 Å². The third-order valence-electron chi connectivity index (χ3n) is 7.66. The summed E-state index contributed by atoms with van der Waals surface area (Å²) in [5, 5.41) is 14.8. The zero-order chi connectivity index (χ0) is 27.1. The SMILES string of the molecule is CN1CCc2nc(NC(O)c3cc(F)ccc3N3CCN(C(=O)CN4Cc5ccccc5C4=O)CC3)sc2C1. The number of aliphatic hydroxyl groups excluding tert-OH is 1. The molecule has 1 fully saturated rings. The Morgan fingerprint density at radius 2 is 1.92 bits per heavy atom. The summed E-state index contributed by atoms with van der Waals surface area (Å²) >= 11 is 1.52. The summed E-state index contributed by atoms with van der Waals surface area (Å²) in [6.45, 7) is 4.28. The Labute approximate surface area is 230 Å². The Balaban J connectivity index is 1.09. The van der Waals surface area contributed by atoms with Gasteiger partial charge in [0.2, 0.25) is 5.91 Å². The molecule has 0 saturated carbocycles. The lowest BCUT2D eigenvalue weighted by molar-refractivity contribution is -0.132. The maximum Gasteiger partial charge on any atom is 0.254 e. The van der Waals surface area contributed by atoms with Crippen LogP contribution in [0.1, 0.15) is 38.3 Å². The highest BCUT2D eigenvalue weighted by Gasteiger charge is 2.31. The Hall–Kier alpha value is -3.54. The van der Waals surface area contributed by atoms with Crippen LogP contribution in [0.4, 0.5) is 15.2 Å². The Morgan fingerprint density at radius 1 is 1.13 bits per heavy atom. The van der Waals surface area contributed by atoms with Crippen LogP contribution in [0.25, 0.3) is 0 Å². The number of carbonyl (C=O) groups excluding carboxylic acids is 2. The van der Waals surface area contributed by atoms with Crippen LogP contribution in [0.5, 0.6) is 0 Å². The number of carbonyl (C=O) groups is 2. The van der Waals surface area contributed by atoms with Crippen molar-refractivity contribution in [3.05, 3.63) is 75.5 Å². The van der Waals surface area contributed by atoms with Crippen molar-refractivity contribution < 1.29 is 19.1 Å². The van der Waals surface area contributed by atoms with Gasteiger partial charge < -0.3 is 30.0 Å². The number of rotatable bonds is 6. The largest absolute Gasteiger partial charge is 0.369 e. The first-order valence-corrected chi connectivity index (χ1v) is 14.0. The normalized spacial score (nSPS) is 18.2. The second kappa shape index (κ2) is 10.6.